The second kappa shape index (κ2) is 10.8. The number of hydrogen-bond acceptors (Lipinski definition) is 2. The van der Waals surface area contributed by atoms with E-state index < -0.39 is 0 Å². The third kappa shape index (κ3) is 5.85. The predicted molar refractivity (Wildman–Crippen MR) is 123 cm³/mol. The molecule has 4 nitrogen and oxygen atoms in total. The van der Waals surface area contributed by atoms with E-state index in [-0.39, 0.29) is 11.8 Å². The summed E-state index contributed by atoms with van der Waals surface area (Å²) in [7, 11) is 2.28. The zero-order valence-electron chi connectivity index (χ0n) is 18.6. The lowest BCUT2D eigenvalue weighted by molar-refractivity contribution is -0.120. The number of carbonyl (C=O) groups excluding carboxylic acids is 1. The van der Waals surface area contributed by atoms with Crippen molar-refractivity contribution in [2.75, 3.05) is 18.9 Å². The van der Waals surface area contributed by atoms with E-state index in [0.717, 1.165) is 55.9 Å². The largest absolute Gasteiger partial charge is 0.361 e. The molecular formula is C25H39N3O. The Morgan fingerprint density at radius 2 is 2.03 bits per heavy atom. The lowest BCUT2D eigenvalue weighted by Gasteiger charge is -2.31. The molecule has 1 amide bonds. The van der Waals surface area contributed by atoms with Crippen molar-refractivity contribution >= 4 is 22.5 Å². The summed E-state index contributed by atoms with van der Waals surface area (Å²) in [6.45, 7) is 5.37. The number of H-pyrrole nitrogens is 1. The Morgan fingerprint density at radius 1 is 1.24 bits per heavy atom. The van der Waals surface area contributed by atoms with Gasteiger partial charge in [0.25, 0.3) is 0 Å². The normalized spacial score (nSPS) is 16.4. The molecule has 0 bridgehead atoms. The summed E-state index contributed by atoms with van der Waals surface area (Å²) >= 11 is 0. The highest BCUT2D eigenvalue weighted by molar-refractivity contribution is 5.95. The van der Waals surface area contributed by atoms with Crippen LogP contribution in [0.25, 0.3) is 10.9 Å². The molecule has 2 N–H and O–H groups in total. The topological polar surface area (TPSA) is 48.1 Å². The number of likely N-dealkylation sites (N-methyl/N-ethyl adjacent to an activating group) is 1. The lowest BCUT2D eigenvalue weighted by atomic mass is 9.94. The Balaban J connectivity index is 1.63. The van der Waals surface area contributed by atoms with E-state index in [9.17, 15) is 4.79 Å². The number of benzene rings is 1. The Hall–Kier alpha value is -1.81. The van der Waals surface area contributed by atoms with Gasteiger partial charge in [0, 0.05) is 41.3 Å². The second-order valence-electron chi connectivity index (χ2n) is 8.83. The first-order valence-corrected chi connectivity index (χ1v) is 11.7. The number of aromatic amines is 1. The molecule has 160 valence electrons. The number of aromatic nitrogens is 1. The maximum atomic E-state index is 12.7. The maximum Gasteiger partial charge on any atom is 0.227 e. The van der Waals surface area contributed by atoms with E-state index in [1.807, 2.05) is 6.07 Å². The van der Waals surface area contributed by atoms with Crippen LogP contribution in [0, 0.1) is 5.92 Å². The fourth-order valence-corrected chi connectivity index (χ4v) is 4.68. The second-order valence-corrected chi connectivity index (χ2v) is 8.83. The van der Waals surface area contributed by atoms with Crippen LogP contribution in [0.2, 0.25) is 0 Å². The molecule has 3 rings (SSSR count). The Morgan fingerprint density at radius 3 is 2.76 bits per heavy atom. The molecule has 4 heteroatoms. The van der Waals surface area contributed by atoms with Crippen LogP contribution in [-0.4, -0.2) is 35.4 Å². The van der Waals surface area contributed by atoms with Gasteiger partial charge in [-0.2, -0.15) is 0 Å². The average molecular weight is 398 g/mol. The van der Waals surface area contributed by atoms with Gasteiger partial charge in [-0.05, 0) is 62.9 Å². The fraction of sp³-hybridized carbons (Fsp3) is 0.640. The SMILES string of the molecule is CCCC[C@H](CC)C(=O)Nc1ccc2[nH]cc(CCN(C)C3CCCCC3)c2c1. The minimum atomic E-state index is 0.112. The smallest absolute Gasteiger partial charge is 0.227 e. The van der Waals surface area contributed by atoms with E-state index in [2.05, 4.69) is 54.4 Å². The first-order valence-electron chi connectivity index (χ1n) is 11.7. The van der Waals surface area contributed by atoms with E-state index in [1.54, 1.807) is 0 Å². The monoisotopic (exact) mass is 397 g/mol. The number of amides is 1. The molecular weight excluding hydrogens is 358 g/mol. The molecule has 1 aromatic heterocycles. The predicted octanol–water partition coefficient (Wildman–Crippen LogP) is 6.13. The molecule has 1 aromatic carbocycles. The molecule has 1 heterocycles. The summed E-state index contributed by atoms with van der Waals surface area (Å²) in [6.07, 6.45) is 14.1. The highest BCUT2D eigenvalue weighted by Gasteiger charge is 2.19. The summed E-state index contributed by atoms with van der Waals surface area (Å²) in [5.41, 5.74) is 3.41. The molecule has 1 aliphatic carbocycles. The van der Waals surface area contributed by atoms with Gasteiger partial charge in [-0.1, -0.05) is 46.0 Å². The van der Waals surface area contributed by atoms with E-state index in [0.29, 0.717) is 0 Å². The van der Waals surface area contributed by atoms with Crippen LogP contribution in [0.1, 0.15) is 77.2 Å². The molecule has 0 saturated heterocycles. The van der Waals surface area contributed by atoms with Gasteiger partial charge in [0.15, 0.2) is 0 Å². The van der Waals surface area contributed by atoms with Crippen molar-refractivity contribution in [3.05, 3.63) is 30.0 Å². The molecule has 29 heavy (non-hydrogen) atoms. The van der Waals surface area contributed by atoms with Crippen molar-refractivity contribution in [2.45, 2.75) is 84.1 Å². The summed E-state index contributed by atoms with van der Waals surface area (Å²) in [4.78, 5) is 18.6. The third-order valence-corrected chi connectivity index (χ3v) is 6.74. The van der Waals surface area contributed by atoms with Crippen LogP contribution in [0.3, 0.4) is 0 Å². The average Bonchev–Trinajstić information content (AvgIpc) is 3.15. The summed E-state index contributed by atoms with van der Waals surface area (Å²) in [5, 5.41) is 4.40. The molecule has 1 atom stereocenters. The van der Waals surface area contributed by atoms with Gasteiger partial charge in [-0.3, -0.25) is 4.79 Å². The first kappa shape index (κ1) is 21.9. The maximum absolute atomic E-state index is 12.7. The highest BCUT2D eigenvalue weighted by Crippen LogP contribution is 2.26. The van der Waals surface area contributed by atoms with Crippen LogP contribution in [0.4, 0.5) is 5.69 Å². The van der Waals surface area contributed by atoms with Crippen LogP contribution in [0.15, 0.2) is 24.4 Å². The fourth-order valence-electron chi connectivity index (χ4n) is 4.68. The first-order chi connectivity index (χ1) is 14.1. The van der Waals surface area contributed by atoms with Gasteiger partial charge in [-0.15, -0.1) is 0 Å². The Bertz CT molecular complexity index is 775. The Kier molecular flexibility index (Phi) is 8.17. The van der Waals surface area contributed by atoms with Gasteiger partial charge in [0.05, 0.1) is 0 Å². The summed E-state index contributed by atoms with van der Waals surface area (Å²) < 4.78 is 0. The number of nitrogens with one attached hydrogen (secondary N) is 2. The number of fused-ring (bicyclic) bond motifs is 1. The molecule has 1 fully saturated rings. The van der Waals surface area contributed by atoms with Crippen molar-refractivity contribution in [3.8, 4) is 0 Å². The number of unbranched alkanes of at least 4 members (excludes halogenated alkanes) is 1. The minimum absolute atomic E-state index is 0.112. The standard InChI is InChI=1S/C25H39N3O/c1-4-6-10-19(5-2)25(29)27-21-13-14-24-23(17-21)20(18-26-24)15-16-28(3)22-11-8-7-9-12-22/h13-14,17-19,22,26H,4-12,15-16H2,1-3H3,(H,27,29)/t19-/m0/s1. The zero-order chi connectivity index (χ0) is 20.6. The van der Waals surface area contributed by atoms with Crippen LogP contribution in [0.5, 0.6) is 0 Å². The third-order valence-electron chi connectivity index (χ3n) is 6.74. The quantitative estimate of drug-likeness (QED) is 0.506. The van der Waals surface area contributed by atoms with E-state index in [4.69, 9.17) is 0 Å². The zero-order valence-corrected chi connectivity index (χ0v) is 18.6. The molecule has 0 radical (unpaired) electrons. The van der Waals surface area contributed by atoms with Gasteiger partial charge in [0.1, 0.15) is 0 Å². The molecule has 0 aliphatic heterocycles. The molecule has 2 aromatic rings. The highest BCUT2D eigenvalue weighted by atomic mass is 16.1. The van der Waals surface area contributed by atoms with Crippen molar-refractivity contribution in [2.24, 2.45) is 5.92 Å². The van der Waals surface area contributed by atoms with Crippen LogP contribution >= 0.6 is 0 Å². The van der Waals surface area contributed by atoms with Crippen molar-refractivity contribution < 1.29 is 4.79 Å². The van der Waals surface area contributed by atoms with Crippen molar-refractivity contribution in [1.29, 1.82) is 0 Å². The van der Waals surface area contributed by atoms with Gasteiger partial charge >= 0.3 is 0 Å². The van der Waals surface area contributed by atoms with Crippen molar-refractivity contribution in [3.63, 3.8) is 0 Å². The van der Waals surface area contributed by atoms with E-state index in [1.165, 1.54) is 43.1 Å². The van der Waals surface area contributed by atoms with Crippen molar-refractivity contribution in [1.82, 2.24) is 9.88 Å². The Labute approximate surface area is 176 Å². The summed E-state index contributed by atoms with van der Waals surface area (Å²) in [5.74, 6) is 0.273. The number of nitrogens with zero attached hydrogens (tertiary/aromatic N) is 1. The summed E-state index contributed by atoms with van der Waals surface area (Å²) in [6, 6.07) is 7.00. The van der Waals surface area contributed by atoms with Crippen LogP contribution in [-0.2, 0) is 11.2 Å². The molecule has 0 spiro atoms. The van der Waals surface area contributed by atoms with E-state index >= 15 is 0 Å². The van der Waals surface area contributed by atoms with Gasteiger partial charge in [0.2, 0.25) is 5.91 Å². The van der Waals surface area contributed by atoms with Gasteiger partial charge in [-0.25, -0.2) is 0 Å². The number of rotatable bonds is 10. The number of anilines is 1. The number of carbonyl (C=O) groups is 1. The van der Waals surface area contributed by atoms with Crippen LogP contribution < -0.4 is 5.32 Å². The molecule has 1 aliphatic rings. The lowest BCUT2D eigenvalue weighted by Crippen LogP contribution is -2.34. The molecule has 0 unspecified atom stereocenters. The molecule has 1 saturated carbocycles. The minimum Gasteiger partial charge on any atom is -0.361 e. The number of hydrogen-bond donors (Lipinski definition) is 2. The van der Waals surface area contributed by atoms with Gasteiger partial charge < -0.3 is 15.2 Å².